The number of hydrogen-bond acceptors (Lipinski definition) is 4. The lowest BCUT2D eigenvalue weighted by Crippen LogP contribution is -2.48. The Morgan fingerprint density at radius 2 is 2.30 bits per heavy atom. The van der Waals surface area contributed by atoms with Crippen LogP contribution in [-0.2, 0) is 9.53 Å². The molecule has 20 heavy (non-hydrogen) atoms. The Morgan fingerprint density at radius 3 is 3.05 bits per heavy atom. The minimum Gasteiger partial charge on any atom is -0.395 e. The van der Waals surface area contributed by atoms with Crippen molar-refractivity contribution in [1.29, 1.82) is 0 Å². The van der Waals surface area contributed by atoms with Crippen LogP contribution in [0, 0.1) is 5.82 Å². The third-order valence-electron chi connectivity index (χ3n) is 3.33. The lowest BCUT2D eigenvalue weighted by molar-refractivity contribution is -0.117. The van der Waals surface area contributed by atoms with Gasteiger partial charge in [0.2, 0.25) is 5.91 Å². The van der Waals surface area contributed by atoms with Crippen molar-refractivity contribution in [3.63, 3.8) is 0 Å². The second-order valence-electron chi connectivity index (χ2n) is 4.73. The van der Waals surface area contributed by atoms with Gasteiger partial charge in [-0.1, -0.05) is 12.1 Å². The Bertz CT molecular complexity index is 456. The lowest BCUT2D eigenvalue weighted by atomic mass is 10.2. The fourth-order valence-corrected chi connectivity index (χ4v) is 2.17. The summed E-state index contributed by atoms with van der Waals surface area (Å²) in [7, 11) is 0. The van der Waals surface area contributed by atoms with Gasteiger partial charge in [0.15, 0.2) is 0 Å². The number of aliphatic hydroxyl groups is 1. The third-order valence-corrected chi connectivity index (χ3v) is 3.33. The number of benzene rings is 1. The molecule has 110 valence electrons. The molecule has 1 fully saturated rings. The van der Waals surface area contributed by atoms with E-state index >= 15 is 0 Å². The van der Waals surface area contributed by atoms with Crippen molar-refractivity contribution in [2.24, 2.45) is 0 Å². The zero-order valence-corrected chi connectivity index (χ0v) is 11.2. The van der Waals surface area contributed by atoms with E-state index in [1.165, 1.54) is 12.1 Å². The van der Waals surface area contributed by atoms with Gasteiger partial charge in [-0.3, -0.25) is 9.69 Å². The van der Waals surface area contributed by atoms with Gasteiger partial charge in [0.1, 0.15) is 5.82 Å². The molecule has 2 rings (SSSR count). The van der Waals surface area contributed by atoms with Crippen molar-refractivity contribution in [1.82, 2.24) is 4.90 Å². The lowest BCUT2D eigenvalue weighted by Gasteiger charge is -2.34. The highest BCUT2D eigenvalue weighted by Crippen LogP contribution is 2.13. The first-order chi connectivity index (χ1) is 9.70. The zero-order valence-electron chi connectivity index (χ0n) is 11.2. The van der Waals surface area contributed by atoms with Crippen molar-refractivity contribution >= 4 is 11.6 Å². The first kappa shape index (κ1) is 14.9. The normalized spacial score (nSPS) is 19.8. The van der Waals surface area contributed by atoms with Gasteiger partial charge in [-0.25, -0.2) is 4.39 Å². The summed E-state index contributed by atoms with van der Waals surface area (Å²) < 4.78 is 18.7. The molecule has 1 aliphatic rings. The molecule has 2 N–H and O–H groups in total. The SMILES string of the molecule is O=C(CCN1CCOCC1CO)Nc1ccccc1F. The van der Waals surface area contributed by atoms with Crippen LogP contribution in [0.2, 0.25) is 0 Å². The van der Waals surface area contributed by atoms with E-state index < -0.39 is 5.82 Å². The van der Waals surface area contributed by atoms with Gasteiger partial charge >= 0.3 is 0 Å². The summed E-state index contributed by atoms with van der Waals surface area (Å²) in [6.45, 7) is 2.30. The van der Waals surface area contributed by atoms with Crippen LogP contribution in [0.4, 0.5) is 10.1 Å². The number of rotatable bonds is 5. The number of nitrogens with zero attached hydrogens (tertiary/aromatic N) is 1. The molecular formula is C14H19FN2O3. The second kappa shape index (κ2) is 7.33. The van der Waals surface area contributed by atoms with Crippen LogP contribution in [0.25, 0.3) is 0 Å². The van der Waals surface area contributed by atoms with Crippen LogP contribution >= 0.6 is 0 Å². The van der Waals surface area contributed by atoms with Crippen LogP contribution in [0.5, 0.6) is 0 Å². The Morgan fingerprint density at radius 1 is 1.50 bits per heavy atom. The van der Waals surface area contributed by atoms with Crippen molar-refractivity contribution in [3.05, 3.63) is 30.1 Å². The predicted molar refractivity (Wildman–Crippen MR) is 72.9 cm³/mol. The third kappa shape index (κ3) is 4.00. The summed E-state index contributed by atoms with van der Waals surface area (Å²) in [6, 6.07) is 6.01. The summed E-state index contributed by atoms with van der Waals surface area (Å²) in [4.78, 5) is 13.8. The molecule has 6 heteroatoms. The van der Waals surface area contributed by atoms with Crippen LogP contribution < -0.4 is 5.32 Å². The maximum atomic E-state index is 13.4. The largest absolute Gasteiger partial charge is 0.395 e. The van der Waals surface area contributed by atoms with Crippen molar-refractivity contribution in [2.45, 2.75) is 12.5 Å². The van der Waals surface area contributed by atoms with Crippen molar-refractivity contribution in [2.75, 3.05) is 38.2 Å². The van der Waals surface area contributed by atoms with Gasteiger partial charge in [0, 0.05) is 19.5 Å². The first-order valence-electron chi connectivity index (χ1n) is 6.67. The Kier molecular flexibility index (Phi) is 5.46. The highest BCUT2D eigenvalue weighted by molar-refractivity contribution is 5.90. The molecule has 0 aromatic heterocycles. The minimum atomic E-state index is -0.444. The zero-order chi connectivity index (χ0) is 14.4. The van der Waals surface area contributed by atoms with Crippen LogP contribution in [0.1, 0.15) is 6.42 Å². The van der Waals surface area contributed by atoms with Crippen LogP contribution in [0.15, 0.2) is 24.3 Å². The molecule has 1 atom stereocenters. The van der Waals surface area contributed by atoms with Crippen LogP contribution in [-0.4, -0.2) is 54.9 Å². The number of carbonyl (C=O) groups is 1. The number of para-hydroxylation sites is 1. The number of anilines is 1. The molecule has 0 saturated carbocycles. The molecule has 1 saturated heterocycles. The van der Waals surface area contributed by atoms with Crippen molar-refractivity contribution < 1.29 is 19.0 Å². The van der Waals surface area contributed by atoms with Gasteiger partial charge in [-0.15, -0.1) is 0 Å². The molecule has 1 heterocycles. The topological polar surface area (TPSA) is 61.8 Å². The molecule has 1 aromatic carbocycles. The quantitative estimate of drug-likeness (QED) is 0.840. The minimum absolute atomic E-state index is 0.00886. The summed E-state index contributed by atoms with van der Waals surface area (Å²) in [6.07, 6.45) is 0.255. The molecule has 0 aliphatic carbocycles. The maximum Gasteiger partial charge on any atom is 0.225 e. The average Bonchev–Trinajstić information content (AvgIpc) is 2.48. The molecule has 1 unspecified atom stereocenters. The highest BCUT2D eigenvalue weighted by Gasteiger charge is 2.22. The number of aliphatic hydroxyl groups excluding tert-OH is 1. The smallest absolute Gasteiger partial charge is 0.225 e. The summed E-state index contributed by atoms with van der Waals surface area (Å²) in [5.41, 5.74) is 0.193. The number of morpholine rings is 1. The Hall–Kier alpha value is -1.50. The number of hydrogen-bond donors (Lipinski definition) is 2. The first-order valence-corrected chi connectivity index (χ1v) is 6.67. The Labute approximate surface area is 117 Å². The van der Waals surface area contributed by atoms with E-state index in [-0.39, 0.29) is 30.7 Å². The maximum absolute atomic E-state index is 13.4. The van der Waals surface area contributed by atoms with Gasteiger partial charge in [-0.05, 0) is 12.1 Å². The number of halogens is 1. The molecule has 0 radical (unpaired) electrons. The monoisotopic (exact) mass is 282 g/mol. The number of amides is 1. The molecular weight excluding hydrogens is 263 g/mol. The second-order valence-corrected chi connectivity index (χ2v) is 4.73. The average molecular weight is 282 g/mol. The van der Waals surface area contributed by atoms with Gasteiger partial charge in [-0.2, -0.15) is 0 Å². The number of carbonyl (C=O) groups excluding carboxylic acids is 1. The summed E-state index contributed by atoms with van der Waals surface area (Å²) >= 11 is 0. The van der Waals surface area contributed by atoms with E-state index in [9.17, 15) is 14.3 Å². The summed E-state index contributed by atoms with van der Waals surface area (Å²) in [5, 5.41) is 11.8. The number of ether oxygens (including phenoxy) is 1. The predicted octanol–water partition coefficient (Wildman–Crippen LogP) is 0.847. The van der Waals surface area contributed by atoms with Gasteiger partial charge in [0.25, 0.3) is 0 Å². The standard InChI is InChI=1S/C14H19FN2O3/c15-12-3-1-2-4-13(12)16-14(19)5-6-17-7-8-20-10-11(17)9-18/h1-4,11,18H,5-10H2,(H,16,19). The van der Waals surface area contributed by atoms with Crippen molar-refractivity contribution in [3.8, 4) is 0 Å². The van der Waals surface area contributed by atoms with E-state index in [0.717, 1.165) is 0 Å². The fourth-order valence-electron chi connectivity index (χ4n) is 2.17. The molecule has 5 nitrogen and oxygen atoms in total. The number of nitrogens with one attached hydrogen (secondary N) is 1. The molecule has 1 aromatic rings. The van der Waals surface area contributed by atoms with Gasteiger partial charge in [0.05, 0.1) is 31.5 Å². The van der Waals surface area contributed by atoms with E-state index in [0.29, 0.717) is 26.3 Å². The van der Waals surface area contributed by atoms with E-state index in [1.807, 2.05) is 4.90 Å². The summed E-state index contributed by atoms with van der Waals surface area (Å²) in [5.74, 6) is -0.682. The Balaban J connectivity index is 1.81. The van der Waals surface area contributed by atoms with Gasteiger partial charge < -0.3 is 15.2 Å². The van der Waals surface area contributed by atoms with E-state index in [1.54, 1.807) is 12.1 Å². The van der Waals surface area contributed by atoms with E-state index in [4.69, 9.17) is 4.74 Å². The van der Waals surface area contributed by atoms with E-state index in [2.05, 4.69) is 5.32 Å². The highest BCUT2D eigenvalue weighted by atomic mass is 19.1. The van der Waals surface area contributed by atoms with Crippen LogP contribution in [0.3, 0.4) is 0 Å². The molecule has 0 bridgehead atoms. The molecule has 0 spiro atoms. The molecule has 1 amide bonds. The molecule has 1 aliphatic heterocycles. The fraction of sp³-hybridized carbons (Fsp3) is 0.500.